The van der Waals surface area contributed by atoms with Crippen LogP contribution in [-0.4, -0.2) is 35.3 Å². The van der Waals surface area contributed by atoms with Gasteiger partial charge in [-0.2, -0.15) is 0 Å². The summed E-state index contributed by atoms with van der Waals surface area (Å²) < 4.78 is 0. The number of aromatic nitrogens is 1. The van der Waals surface area contributed by atoms with E-state index in [0.29, 0.717) is 24.2 Å². The minimum Gasteiger partial charge on any atom is -0.351 e. The lowest BCUT2D eigenvalue weighted by Crippen LogP contribution is -2.48. The van der Waals surface area contributed by atoms with Crippen LogP contribution in [0.5, 0.6) is 0 Å². The predicted molar refractivity (Wildman–Crippen MR) is 119 cm³/mol. The number of carbonyl (C=O) groups is 2. The van der Waals surface area contributed by atoms with Gasteiger partial charge < -0.3 is 10.6 Å². The highest BCUT2D eigenvalue weighted by Crippen LogP contribution is 2.17. The molecule has 5 heteroatoms. The van der Waals surface area contributed by atoms with Gasteiger partial charge >= 0.3 is 0 Å². The van der Waals surface area contributed by atoms with Crippen molar-refractivity contribution in [2.45, 2.75) is 25.3 Å². The van der Waals surface area contributed by atoms with Gasteiger partial charge in [-0.1, -0.05) is 66.7 Å². The monoisotopic (exact) mass is 401 g/mol. The second-order valence-electron chi connectivity index (χ2n) is 7.59. The second kappa shape index (κ2) is 10.5. The molecule has 154 valence electrons. The van der Waals surface area contributed by atoms with Crippen molar-refractivity contribution in [2.75, 3.05) is 13.1 Å². The number of hydrogen-bond acceptors (Lipinski definition) is 4. The Kier molecular flexibility index (Phi) is 7.46. The minimum absolute atomic E-state index is 0.0485. The van der Waals surface area contributed by atoms with E-state index in [9.17, 15) is 9.59 Å². The number of carbonyl (C=O) groups excluding carboxylic acids is 2. The van der Waals surface area contributed by atoms with Gasteiger partial charge in [-0.05, 0) is 37.5 Å². The summed E-state index contributed by atoms with van der Waals surface area (Å²) in [6, 6.07) is 24.7. The number of Topliss-reactive ketones (excluding diaryl/α,β-unsaturated/α-hetero) is 1. The zero-order valence-corrected chi connectivity index (χ0v) is 17.2. The topological polar surface area (TPSA) is 71.1 Å². The molecule has 1 atom stereocenters. The first-order valence-corrected chi connectivity index (χ1v) is 10.1. The highest BCUT2D eigenvalue weighted by atomic mass is 16.2. The van der Waals surface area contributed by atoms with E-state index in [0.717, 1.165) is 6.42 Å². The van der Waals surface area contributed by atoms with E-state index >= 15 is 0 Å². The van der Waals surface area contributed by atoms with Crippen LogP contribution in [0, 0.1) is 0 Å². The fourth-order valence-electron chi connectivity index (χ4n) is 3.34. The number of hydrogen-bond donors (Lipinski definition) is 2. The Balaban J connectivity index is 1.63. The van der Waals surface area contributed by atoms with Crippen LogP contribution in [0.3, 0.4) is 0 Å². The van der Waals surface area contributed by atoms with Crippen LogP contribution >= 0.6 is 0 Å². The third-order valence-corrected chi connectivity index (χ3v) is 5.07. The predicted octanol–water partition coefficient (Wildman–Crippen LogP) is 3.68. The third kappa shape index (κ3) is 6.36. The summed E-state index contributed by atoms with van der Waals surface area (Å²) in [6.45, 7) is 2.80. The molecule has 0 aliphatic heterocycles. The first kappa shape index (κ1) is 21.4. The molecule has 1 aromatic heterocycles. The van der Waals surface area contributed by atoms with Gasteiger partial charge in [0.25, 0.3) is 5.91 Å². The maximum absolute atomic E-state index is 12.6. The van der Waals surface area contributed by atoms with E-state index in [-0.39, 0.29) is 23.8 Å². The molecule has 0 fully saturated rings. The number of nitrogens with one attached hydrogen (secondary N) is 2. The molecular formula is C25H27N3O2. The zero-order valence-electron chi connectivity index (χ0n) is 17.2. The summed E-state index contributed by atoms with van der Waals surface area (Å²) in [7, 11) is 0. The molecule has 5 nitrogen and oxygen atoms in total. The SMILES string of the molecule is C[C@@](CCNC(=O)c1ccccn1)(Cc1ccccc1)NCC(=O)c1ccccc1. The Bertz CT molecular complexity index is 946. The molecule has 0 saturated heterocycles. The summed E-state index contributed by atoms with van der Waals surface area (Å²) in [5.41, 5.74) is 1.91. The number of amides is 1. The van der Waals surface area contributed by atoms with E-state index in [4.69, 9.17) is 0 Å². The van der Waals surface area contributed by atoms with Gasteiger partial charge in [0.05, 0.1) is 6.54 Å². The van der Waals surface area contributed by atoms with Crippen molar-refractivity contribution in [2.24, 2.45) is 0 Å². The van der Waals surface area contributed by atoms with Gasteiger partial charge in [0, 0.05) is 23.8 Å². The van der Waals surface area contributed by atoms with Crippen LogP contribution in [0.1, 0.15) is 39.8 Å². The van der Waals surface area contributed by atoms with Gasteiger partial charge in [0.1, 0.15) is 5.69 Å². The Labute approximate surface area is 177 Å². The fourth-order valence-corrected chi connectivity index (χ4v) is 3.34. The lowest BCUT2D eigenvalue weighted by Gasteiger charge is -2.31. The minimum atomic E-state index is -0.358. The van der Waals surface area contributed by atoms with Crippen LogP contribution in [0.25, 0.3) is 0 Å². The quantitative estimate of drug-likeness (QED) is 0.509. The number of pyridine rings is 1. The van der Waals surface area contributed by atoms with Gasteiger partial charge in [-0.15, -0.1) is 0 Å². The summed E-state index contributed by atoms with van der Waals surface area (Å²) in [6.07, 6.45) is 3.02. The van der Waals surface area contributed by atoms with Gasteiger partial charge in [-0.3, -0.25) is 14.6 Å². The van der Waals surface area contributed by atoms with Crippen LogP contribution in [-0.2, 0) is 6.42 Å². The first-order valence-electron chi connectivity index (χ1n) is 10.1. The molecule has 2 aromatic carbocycles. The number of benzene rings is 2. The van der Waals surface area contributed by atoms with E-state index in [1.54, 1.807) is 24.4 Å². The Morgan fingerprint density at radius 3 is 2.23 bits per heavy atom. The van der Waals surface area contributed by atoms with Gasteiger partial charge in [0.15, 0.2) is 5.78 Å². The van der Waals surface area contributed by atoms with Crippen molar-refractivity contribution < 1.29 is 9.59 Å². The van der Waals surface area contributed by atoms with Crippen molar-refractivity contribution in [1.82, 2.24) is 15.6 Å². The average molecular weight is 402 g/mol. The summed E-state index contributed by atoms with van der Waals surface area (Å²) in [4.78, 5) is 28.9. The molecule has 0 unspecified atom stereocenters. The Morgan fingerprint density at radius 2 is 1.57 bits per heavy atom. The van der Waals surface area contributed by atoms with Gasteiger partial charge in [-0.25, -0.2) is 0 Å². The molecule has 0 aliphatic carbocycles. The largest absolute Gasteiger partial charge is 0.351 e. The maximum atomic E-state index is 12.6. The van der Waals surface area contributed by atoms with Crippen molar-refractivity contribution in [3.05, 3.63) is 102 Å². The fraction of sp³-hybridized carbons (Fsp3) is 0.240. The molecule has 3 aromatic rings. The second-order valence-corrected chi connectivity index (χ2v) is 7.59. The molecular weight excluding hydrogens is 374 g/mol. The Hall–Kier alpha value is -3.31. The van der Waals surface area contributed by atoms with Crippen LogP contribution in [0.15, 0.2) is 85.1 Å². The van der Waals surface area contributed by atoms with E-state index in [1.165, 1.54) is 5.56 Å². The van der Waals surface area contributed by atoms with Crippen molar-refractivity contribution in [1.29, 1.82) is 0 Å². The third-order valence-electron chi connectivity index (χ3n) is 5.07. The molecule has 3 rings (SSSR count). The average Bonchev–Trinajstić information content (AvgIpc) is 2.79. The van der Waals surface area contributed by atoms with Crippen LogP contribution in [0.4, 0.5) is 0 Å². The lowest BCUT2D eigenvalue weighted by atomic mass is 9.89. The number of ketones is 1. The summed E-state index contributed by atoms with van der Waals surface area (Å²) in [5, 5.41) is 6.37. The molecule has 0 spiro atoms. The highest BCUT2D eigenvalue weighted by Gasteiger charge is 2.25. The van der Waals surface area contributed by atoms with Gasteiger partial charge in [0.2, 0.25) is 0 Å². The van der Waals surface area contributed by atoms with E-state index < -0.39 is 0 Å². The summed E-state index contributed by atoms with van der Waals surface area (Å²) in [5.74, 6) is -0.148. The van der Waals surface area contributed by atoms with E-state index in [1.807, 2.05) is 48.5 Å². The zero-order chi connectivity index (χ0) is 21.2. The van der Waals surface area contributed by atoms with Crippen molar-refractivity contribution in [3.63, 3.8) is 0 Å². The molecule has 0 aliphatic rings. The van der Waals surface area contributed by atoms with Crippen LogP contribution in [0.2, 0.25) is 0 Å². The lowest BCUT2D eigenvalue weighted by molar-refractivity contribution is 0.0936. The molecule has 30 heavy (non-hydrogen) atoms. The molecule has 0 radical (unpaired) electrons. The molecule has 1 heterocycles. The smallest absolute Gasteiger partial charge is 0.269 e. The molecule has 2 N–H and O–H groups in total. The maximum Gasteiger partial charge on any atom is 0.269 e. The normalized spacial score (nSPS) is 12.7. The standard InChI is InChI=1S/C25H27N3O2/c1-25(18-20-10-4-2-5-11-20,28-19-23(29)21-12-6-3-7-13-21)15-17-27-24(30)22-14-8-9-16-26-22/h2-14,16,28H,15,17-19H2,1H3,(H,27,30)/t25-/m1/s1. The number of nitrogens with zero attached hydrogens (tertiary/aromatic N) is 1. The van der Waals surface area contributed by atoms with Crippen molar-refractivity contribution in [3.8, 4) is 0 Å². The summed E-state index contributed by atoms with van der Waals surface area (Å²) >= 11 is 0. The molecule has 0 bridgehead atoms. The Morgan fingerprint density at radius 1 is 0.900 bits per heavy atom. The van der Waals surface area contributed by atoms with Crippen LogP contribution < -0.4 is 10.6 Å². The van der Waals surface area contributed by atoms with E-state index in [2.05, 4.69) is 34.7 Å². The first-order chi connectivity index (χ1) is 14.6. The molecule has 0 saturated carbocycles. The van der Waals surface area contributed by atoms with Crippen molar-refractivity contribution >= 4 is 11.7 Å². The molecule has 1 amide bonds. The highest BCUT2D eigenvalue weighted by molar-refractivity contribution is 5.97. The number of rotatable bonds is 10.